The van der Waals surface area contributed by atoms with E-state index in [4.69, 9.17) is 4.74 Å². The third kappa shape index (κ3) is 2.23. The van der Waals surface area contributed by atoms with E-state index in [1.54, 1.807) is 18.2 Å². The SMILES string of the molecule is O=S(=O)(N[C@@H]1CCNC1)c1ccc2c(c1)CCO2. The van der Waals surface area contributed by atoms with Gasteiger partial charge >= 0.3 is 0 Å². The van der Waals surface area contributed by atoms with Crippen molar-refractivity contribution in [3.05, 3.63) is 23.8 Å². The van der Waals surface area contributed by atoms with Gasteiger partial charge in [0.25, 0.3) is 0 Å². The van der Waals surface area contributed by atoms with Crippen molar-refractivity contribution >= 4 is 10.0 Å². The summed E-state index contributed by atoms with van der Waals surface area (Å²) in [6.45, 7) is 2.21. The average Bonchev–Trinajstić information content (AvgIpc) is 2.97. The van der Waals surface area contributed by atoms with Gasteiger partial charge in [0, 0.05) is 19.0 Å². The fraction of sp³-hybridized carbons (Fsp3) is 0.500. The lowest BCUT2D eigenvalue weighted by molar-refractivity contribution is 0.356. The van der Waals surface area contributed by atoms with Crippen LogP contribution in [0.2, 0.25) is 0 Å². The monoisotopic (exact) mass is 268 g/mol. The highest BCUT2D eigenvalue weighted by atomic mass is 32.2. The van der Waals surface area contributed by atoms with E-state index in [1.165, 1.54) is 0 Å². The number of hydrogen-bond donors (Lipinski definition) is 2. The first-order valence-electron chi connectivity index (χ1n) is 6.14. The summed E-state index contributed by atoms with van der Waals surface area (Å²) in [5.74, 6) is 0.802. The summed E-state index contributed by atoms with van der Waals surface area (Å²) in [5.41, 5.74) is 0.974. The second kappa shape index (κ2) is 4.53. The lowest BCUT2D eigenvalue weighted by Crippen LogP contribution is -2.36. The molecule has 1 aromatic rings. The van der Waals surface area contributed by atoms with E-state index in [2.05, 4.69) is 10.0 Å². The molecule has 0 aromatic heterocycles. The van der Waals surface area contributed by atoms with Gasteiger partial charge in [-0.15, -0.1) is 0 Å². The van der Waals surface area contributed by atoms with E-state index in [-0.39, 0.29) is 6.04 Å². The molecule has 0 spiro atoms. The Morgan fingerprint density at radius 1 is 1.39 bits per heavy atom. The van der Waals surface area contributed by atoms with Crippen molar-refractivity contribution in [1.82, 2.24) is 10.0 Å². The summed E-state index contributed by atoms with van der Waals surface area (Å²) < 4.78 is 32.5. The van der Waals surface area contributed by atoms with Crippen LogP contribution in [-0.4, -0.2) is 34.2 Å². The molecule has 1 fully saturated rings. The van der Waals surface area contributed by atoms with Crippen molar-refractivity contribution in [2.24, 2.45) is 0 Å². The Bertz CT molecular complexity index is 550. The Morgan fingerprint density at radius 3 is 3.06 bits per heavy atom. The zero-order valence-electron chi connectivity index (χ0n) is 9.98. The summed E-state index contributed by atoms with van der Waals surface area (Å²) in [5, 5.41) is 3.14. The molecule has 0 radical (unpaired) electrons. The Labute approximate surface area is 107 Å². The fourth-order valence-corrected chi connectivity index (χ4v) is 3.69. The van der Waals surface area contributed by atoms with Gasteiger partial charge in [-0.3, -0.25) is 0 Å². The maximum absolute atomic E-state index is 12.2. The van der Waals surface area contributed by atoms with E-state index < -0.39 is 10.0 Å². The van der Waals surface area contributed by atoms with Gasteiger partial charge in [0.05, 0.1) is 11.5 Å². The molecule has 0 saturated carbocycles. The molecule has 0 aliphatic carbocycles. The van der Waals surface area contributed by atoms with Crippen molar-refractivity contribution < 1.29 is 13.2 Å². The molecule has 2 aliphatic rings. The average molecular weight is 268 g/mol. The molecule has 2 heterocycles. The molecule has 5 nitrogen and oxygen atoms in total. The van der Waals surface area contributed by atoms with E-state index in [9.17, 15) is 8.42 Å². The third-order valence-corrected chi connectivity index (χ3v) is 4.87. The van der Waals surface area contributed by atoms with Gasteiger partial charge in [0.1, 0.15) is 5.75 Å². The predicted molar refractivity (Wildman–Crippen MR) is 67.2 cm³/mol. The van der Waals surface area contributed by atoms with E-state index in [1.807, 2.05) is 0 Å². The zero-order chi connectivity index (χ0) is 12.6. The normalized spacial score (nSPS) is 22.8. The van der Waals surface area contributed by atoms with Crippen LogP contribution < -0.4 is 14.8 Å². The molecule has 2 aliphatic heterocycles. The second-order valence-corrected chi connectivity index (χ2v) is 6.39. The van der Waals surface area contributed by atoms with Crippen LogP contribution in [0.1, 0.15) is 12.0 Å². The van der Waals surface area contributed by atoms with Crippen molar-refractivity contribution in [2.75, 3.05) is 19.7 Å². The number of benzene rings is 1. The molecule has 18 heavy (non-hydrogen) atoms. The van der Waals surface area contributed by atoms with Gasteiger partial charge in [0.15, 0.2) is 0 Å². The number of fused-ring (bicyclic) bond motifs is 1. The molecule has 0 bridgehead atoms. The van der Waals surface area contributed by atoms with E-state index >= 15 is 0 Å². The largest absolute Gasteiger partial charge is 0.493 e. The zero-order valence-corrected chi connectivity index (χ0v) is 10.8. The fourth-order valence-electron chi connectivity index (χ4n) is 2.37. The van der Waals surface area contributed by atoms with Gasteiger partial charge in [-0.2, -0.15) is 0 Å². The lowest BCUT2D eigenvalue weighted by Gasteiger charge is -2.12. The second-order valence-electron chi connectivity index (χ2n) is 4.68. The highest BCUT2D eigenvalue weighted by Gasteiger charge is 2.24. The first kappa shape index (κ1) is 12.0. The molecule has 0 unspecified atom stereocenters. The molecular formula is C12H16N2O3S. The first-order valence-corrected chi connectivity index (χ1v) is 7.62. The van der Waals surface area contributed by atoms with Gasteiger partial charge in [0.2, 0.25) is 10.0 Å². The summed E-state index contributed by atoms with van der Waals surface area (Å²) in [6.07, 6.45) is 1.62. The van der Waals surface area contributed by atoms with Gasteiger partial charge in [-0.1, -0.05) is 0 Å². The highest BCUT2D eigenvalue weighted by molar-refractivity contribution is 7.89. The van der Waals surface area contributed by atoms with Crippen LogP contribution in [0.3, 0.4) is 0 Å². The van der Waals surface area contributed by atoms with Crippen LogP contribution in [0.4, 0.5) is 0 Å². The molecule has 3 rings (SSSR count). The topological polar surface area (TPSA) is 67.4 Å². The van der Waals surface area contributed by atoms with Gasteiger partial charge < -0.3 is 10.1 Å². The van der Waals surface area contributed by atoms with Crippen LogP contribution in [0, 0.1) is 0 Å². The van der Waals surface area contributed by atoms with Gasteiger partial charge in [-0.05, 0) is 36.7 Å². The Hall–Kier alpha value is -1.11. The standard InChI is InChI=1S/C12H16N2O3S/c15-18(16,14-10-3-5-13-8-10)11-1-2-12-9(7-11)4-6-17-12/h1-2,7,10,13-14H,3-6,8H2/t10-/m1/s1. The minimum absolute atomic E-state index is 0.000459. The number of nitrogens with one attached hydrogen (secondary N) is 2. The molecule has 6 heteroatoms. The predicted octanol–water partition coefficient (Wildman–Crippen LogP) is 0.262. The quantitative estimate of drug-likeness (QED) is 0.825. The highest BCUT2D eigenvalue weighted by Crippen LogP contribution is 2.27. The first-order chi connectivity index (χ1) is 8.65. The molecule has 0 amide bonds. The van der Waals surface area contributed by atoms with Crippen molar-refractivity contribution in [3.8, 4) is 5.75 Å². The number of rotatable bonds is 3. The Kier molecular flexibility index (Phi) is 3.01. The summed E-state index contributed by atoms with van der Waals surface area (Å²) in [7, 11) is -3.41. The molecule has 1 aromatic carbocycles. The van der Waals surface area contributed by atoms with Crippen LogP contribution in [0.25, 0.3) is 0 Å². The minimum atomic E-state index is -3.41. The third-order valence-electron chi connectivity index (χ3n) is 3.35. The van der Waals surface area contributed by atoms with Crippen LogP contribution in [0.15, 0.2) is 23.1 Å². The summed E-state index contributed by atoms with van der Waals surface area (Å²) in [4.78, 5) is 0.332. The van der Waals surface area contributed by atoms with Crippen LogP contribution in [0.5, 0.6) is 5.75 Å². The van der Waals surface area contributed by atoms with Crippen LogP contribution in [-0.2, 0) is 16.4 Å². The Morgan fingerprint density at radius 2 is 2.28 bits per heavy atom. The Balaban J connectivity index is 1.84. The molecule has 1 saturated heterocycles. The van der Waals surface area contributed by atoms with Crippen LogP contribution >= 0.6 is 0 Å². The maximum Gasteiger partial charge on any atom is 0.240 e. The van der Waals surface area contributed by atoms with E-state index in [0.29, 0.717) is 18.0 Å². The molecule has 2 N–H and O–H groups in total. The lowest BCUT2D eigenvalue weighted by atomic mass is 10.2. The van der Waals surface area contributed by atoms with Crippen molar-refractivity contribution in [3.63, 3.8) is 0 Å². The van der Waals surface area contributed by atoms with E-state index in [0.717, 1.165) is 30.7 Å². The smallest absolute Gasteiger partial charge is 0.240 e. The number of hydrogen-bond acceptors (Lipinski definition) is 4. The maximum atomic E-state index is 12.2. The number of ether oxygens (including phenoxy) is 1. The van der Waals surface area contributed by atoms with Crippen molar-refractivity contribution in [1.29, 1.82) is 0 Å². The minimum Gasteiger partial charge on any atom is -0.493 e. The molecule has 98 valence electrons. The summed E-state index contributed by atoms with van der Waals surface area (Å²) >= 11 is 0. The molecule has 1 atom stereocenters. The van der Waals surface area contributed by atoms with Crippen molar-refractivity contribution in [2.45, 2.75) is 23.8 Å². The number of sulfonamides is 1. The summed E-state index contributed by atoms with van der Waals surface area (Å²) in [6, 6.07) is 5.06. The van der Waals surface area contributed by atoms with Gasteiger partial charge in [-0.25, -0.2) is 13.1 Å². The molecular weight excluding hydrogens is 252 g/mol.